The molecule has 136 valence electrons. The van der Waals surface area contributed by atoms with Gasteiger partial charge >= 0.3 is 5.97 Å². The summed E-state index contributed by atoms with van der Waals surface area (Å²) in [5, 5.41) is 10.2. The van der Waals surface area contributed by atoms with Crippen LogP contribution in [0.4, 0.5) is 0 Å². The van der Waals surface area contributed by atoms with Crippen molar-refractivity contribution in [1.29, 1.82) is 0 Å². The second-order valence-corrected chi connectivity index (χ2v) is 6.01. The number of ether oxygens (including phenoxy) is 2. The fraction of sp³-hybridized carbons (Fsp3) is 0.300. The van der Waals surface area contributed by atoms with Crippen molar-refractivity contribution in [3.63, 3.8) is 0 Å². The van der Waals surface area contributed by atoms with E-state index < -0.39 is 6.10 Å². The molecule has 1 N–H and O–H groups in total. The van der Waals surface area contributed by atoms with Crippen molar-refractivity contribution < 1.29 is 19.4 Å². The number of nitrogens with zero attached hydrogens (tertiary/aromatic N) is 2. The largest absolute Gasteiger partial charge is 0.491 e. The minimum absolute atomic E-state index is 0.145. The first-order chi connectivity index (χ1) is 12.7. The summed E-state index contributed by atoms with van der Waals surface area (Å²) in [5.41, 5.74) is 2.35. The second-order valence-electron chi connectivity index (χ2n) is 6.01. The number of hydrogen-bond acceptors (Lipinski definition) is 5. The van der Waals surface area contributed by atoms with Gasteiger partial charge in [-0.3, -0.25) is 0 Å². The van der Waals surface area contributed by atoms with Crippen LogP contribution in [0.1, 0.15) is 23.7 Å². The molecule has 0 spiro atoms. The lowest BCUT2D eigenvalue weighted by Gasteiger charge is -2.14. The van der Waals surface area contributed by atoms with E-state index in [4.69, 9.17) is 9.47 Å². The lowest BCUT2D eigenvalue weighted by molar-refractivity contribution is 0.0505. The van der Waals surface area contributed by atoms with E-state index in [1.807, 2.05) is 35.8 Å². The van der Waals surface area contributed by atoms with Crippen LogP contribution in [0.25, 0.3) is 11.0 Å². The van der Waals surface area contributed by atoms with Crippen LogP contribution in [0.3, 0.4) is 0 Å². The molecular formula is C20H22N2O4. The average Bonchev–Trinajstić information content (AvgIpc) is 3.08. The first-order valence-corrected chi connectivity index (χ1v) is 8.65. The number of benzene rings is 2. The zero-order valence-corrected chi connectivity index (χ0v) is 14.7. The van der Waals surface area contributed by atoms with Gasteiger partial charge in [0.2, 0.25) is 0 Å². The van der Waals surface area contributed by atoms with Crippen LogP contribution < -0.4 is 4.74 Å². The topological polar surface area (TPSA) is 73.6 Å². The van der Waals surface area contributed by atoms with E-state index >= 15 is 0 Å². The van der Waals surface area contributed by atoms with Gasteiger partial charge in [0.15, 0.2) is 0 Å². The number of aliphatic hydroxyl groups is 1. The summed E-state index contributed by atoms with van der Waals surface area (Å²) in [5.74, 6) is 0.247. The first kappa shape index (κ1) is 17.9. The van der Waals surface area contributed by atoms with Crippen LogP contribution in [0.5, 0.6) is 5.75 Å². The third-order valence-corrected chi connectivity index (χ3v) is 3.90. The molecule has 0 radical (unpaired) electrons. The Morgan fingerprint density at radius 2 is 1.96 bits per heavy atom. The number of para-hydroxylation sites is 2. The number of aromatic nitrogens is 2. The molecule has 0 saturated heterocycles. The Morgan fingerprint density at radius 3 is 2.73 bits per heavy atom. The normalized spacial score (nSPS) is 12.1. The maximum Gasteiger partial charge on any atom is 0.338 e. The highest BCUT2D eigenvalue weighted by molar-refractivity contribution is 5.89. The Balaban J connectivity index is 1.52. The molecule has 1 unspecified atom stereocenters. The molecule has 1 heterocycles. The Bertz CT molecular complexity index is 858. The van der Waals surface area contributed by atoms with E-state index in [1.165, 1.54) is 0 Å². The molecule has 0 bridgehead atoms. The Morgan fingerprint density at radius 1 is 1.19 bits per heavy atom. The smallest absolute Gasteiger partial charge is 0.338 e. The third kappa shape index (κ3) is 4.40. The van der Waals surface area contributed by atoms with Gasteiger partial charge in [0.1, 0.15) is 18.5 Å². The minimum atomic E-state index is -0.679. The summed E-state index contributed by atoms with van der Waals surface area (Å²) >= 11 is 0. The SMILES string of the molecule is CCCOC(=O)c1ccc(OCC(O)Cn2cnc3ccccc32)cc1. The van der Waals surface area contributed by atoms with Crippen molar-refractivity contribution >= 4 is 17.0 Å². The summed E-state index contributed by atoms with van der Waals surface area (Å²) in [6, 6.07) is 14.5. The molecule has 3 aromatic rings. The fourth-order valence-electron chi connectivity index (χ4n) is 2.59. The first-order valence-electron chi connectivity index (χ1n) is 8.65. The summed E-state index contributed by atoms with van der Waals surface area (Å²) in [4.78, 5) is 16.1. The molecule has 0 aliphatic heterocycles. The van der Waals surface area contributed by atoms with E-state index in [2.05, 4.69) is 4.98 Å². The third-order valence-electron chi connectivity index (χ3n) is 3.90. The maximum absolute atomic E-state index is 11.8. The quantitative estimate of drug-likeness (QED) is 0.630. The minimum Gasteiger partial charge on any atom is -0.491 e. The predicted molar refractivity (Wildman–Crippen MR) is 98.3 cm³/mol. The van der Waals surface area contributed by atoms with Crippen molar-refractivity contribution in [1.82, 2.24) is 9.55 Å². The van der Waals surface area contributed by atoms with Crippen molar-refractivity contribution in [2.24, 2.45) is 0 Å². The van der Waals surface area contributed by atoms with E-state index in [0.29, 0.717) is 24.5 Å². The van der Waals surface area contributed by atoms with Crippen LogP contribution in [0.2, 0.25) is 0 Å². The van der Waals surface area contributed by atoms with Gasteiger partial charge in [-0.25, -0.2) is 9.78 Å². The van der Waals surface area contributed by atoms with Gasteiger partial charge in [-0.05, 0) is 42.8 Å². The zero-order valence-electron chi connectivity index (χ0n) is 14.7. The maximum atomic E-state index is 11.8. The second kappa shape index (κ2) is 8.49. The molecule has 0 fully saturated rings. The standard InChI is InChI=1S/C20H22N2O4/c1-2-11-25-20(24)15-7-9-17(10-8-15)26-13-16(23)12-22-14-21-18-5-3-4-6-19(18)22/h3-10,14,16,23H,2,11-13H2,1H3. The van der Waals surface area contributed by atoms with Crippen molar-refractivity contribution in [3.8, 4) is 5.75 Å². The number of fused-ring (bicyclic) bond motifs is 1. The molecule has 6 heteroatoms. The number of carbonyl (C=O) groups is 1. The van der Waals surface area contributed by atoms with Gasteiger partial charge in [0.25, 0.3) is 0 Å². The average molecular weight is 354 g/mol. The Kier molecular flexibility index (Phi) is 5.86. The summed E-state index contributed by atoms with van der Waals surface area (Å²) in [7, 11) is 0. The Hall–Kier alpha value is -2.86. The highest BCUT2D eigenvalue weighted by Gasteiger charge is 2.10. The van der Waals surface area contributed by atoms with Gasteiger partial charge in [-0.1, -0.05) is 19.1 Å². The summed E-state index contributed by atoms with van der Waals surface area (Å²) in [6.07, 6.45) is 1.82. The molecule has 26 heavy (non-hydrogen) atoms. The van der Waals surface area contributed by atoms with Crippen LogP contribution >= 0.6 is 0 Å². The number of hydrogen-bond donors (Lipinski definition) is 1. The van der Waals surface area contributed by atoms with Crippen LogP contribution in [0, 0.1) is 0 Å². The van der Waals surface area contributed by atoms with Crippen LogP contribution in [-0.4, -0.2) is 39.9 Å². The molecule has 3 rings (SSSR count). The lowest BCUT2D eigenvalue weighted by atomic mass is 10.2. The summed E-state index contributed by atoms with van der Waals surface area (Å²) in [6.45, 7) is 2.89. The molecule has 1 atom stereocenters. The van der Waals surface area contributed by atoms with Gasteiger partial charge < -0.3 is 19.1 Å². The van der Waals surface area contributed by atoms with E-state index in [9.17, 15) is 9.90 Å². The van der Waals surface area contributed by atoms with E-state index in [0.717, 1.165) is 17.5 Å². The van der Waals surface area contributed by atoms with Crippen LogP contribution in [-0.2, 0) is 11.3 Å². The molecule has 0 aliphatic carbocycles. The molecule has 2 aromatic carbocycles. The molecule has 0 saturated carbocycles. The van der Waals surface area contributed by atoms with Crippen molar-refractivity contribution in [2.75, 3.05) is 13.2 Å². The monoisotopic (exact) mass is 354 g/mol. The van der Waals surface area contributed by atoms with Gasteiger partial charge in [0, 0.05) is 0 Å². The molecule has 0 amide bonds. The Labute approximate surface area is 152 Å². The van der Waals surface area contributed by atoms with Gasteiger partial charge in [0.05, 0.1) is 36.1 Å². The van der Waals surface area contributed by atoms with Crippen LogP contribution in [0.15, 0.2) is 54.9 Å². The fourth-order valence-corrected chi connectivity index (χ4v) is 2.59. The number of aliphatic hydroxyl groups excluding tert-OH is 1. The number of rotatable bonds is 8. The predicted octanol–water partition coefficient (Wildman–Crippen LogP) is 3.04. The van der Waals surface area contributed by atoms with E-state index in [1.54, 1.807) is 30.6 Å². The zero-order chi connectivity index (χ0) is 18.4. The molecule has 0 aliphatic rings. The highest BCUT2D eigenvalue weighted by atomic mass is 16.5. The van der Waals surface area contributed by atoms with Gasteiger partial charge in [-0.2, -0.15) is 0 Å². The van der Waals surface area contributed by atoms with Crippen molar-refractivity contribution in [2.45, 2.75) is 26.0 Å². The number of imidazole rings is 1. The number of esters is 1. The lowest BCUT2D eigenvalue weighted by Crippen LogP contribution is -2.23. The summed E-state index contributed by atoms with van der Waals surface area (Å²) < 4.78 is 12.6. The highest BCUT2D eigenvalue weighted by Crippen LogP contribution is 2.15. The number of carbonyl (C=O) groups excluding carboxylic acids is 1. The molecule has 6 nitrogen and oxygen atoms in total. The van der Waals surface area contributed by atoms with Gasteiger partial charge in [-0.15, -0.1) is 0 Å². The molecular weight excluding hydrogens is 332 g/mol. The van der Waals surface area contributed by atoms with Crippen molar-refractivity contribution in [3.05, 3.63) is 60.4 Å². The molecule has 1 aromatic heterocycles. The van der Waals surface area contributed by atoms with E-state index in [-0.39, 0.29) is 12.6 Å².